The van der Waals surface area contributed by atoms with Crippen molar-refractivity contribution in [2.75, 3.05) is 0 Å². The predicted molar refractivity (Wildman–Crippen MR) is 146 cm³/mol. The molecule has 5 aromatic rings. The Kier molecular flexibility index (Phi) is 7.96. The zero-order chi connectivity index (χ0) is 25.4. The number of aliphatic hydroxyl groups excluding tert-OH is 1. The fraction of sp³-hybridized carbons (Fsp3) is 0.250. The van der Waals surface area contributed by atoms with Crippen molar-refractivity contribution in [3.63, 3.8) is 0 Å². The average molecular weight is 669 g/mol. The first-order valence-corrected chi connectivity index (χ1v) is 12.4. The smallest absolute Gasteiger partial charge is 0.155 e. The van der Waals surface area contributed by atoms with E-state index in [9.17, 15) is 4.79 Å². The Morgan fingerprint density at radius 2 is 1.62 bits per heavy atom. The Morgan fingerprint density at radius 3 is 2.27 bits per heavy atom. The maximum atomic E-state index is 10.0. The molecule has 0 bridgehead atoms. The van der Waals surface area contributed by atoms with Gasteiger partial charge < -0.3 is 14.5 Å². The summed E-state index contributed by atoms with van der Waals surface area (Å²) in [4.78, 5) is 14.7. The van der Waals surface area contributed by atoms with E-state index in [1.807, 2.05) is 6.20 Å². The molecule has 0 amide bonds. The van der Waals surface area contributed by atoms with Crippen LogP contribution in [0.15, 0.2) is 64.9 Å². The number of allylic oxidation sites excluding steroid dienone is 2. The maximum Gasteiger partial charge on any atom is 0.155 e. The minimum atomic E-state index is -0.125. The first kappa shape index (κ1) is 26.8. The molecule has 4 nitrogen and oxygen atoms in total. The van der Waals surface area contributed by atoms with Crippen LogP contribution in [0, 0.1) is 19.9 Å². The normalized spacial score (nSPS) is 13.1. The van der Waals surface area contributed by atoms with E-state index in [1.54, 1.807) is 0 Å². The number of hydrogen-bond acceptors (Lipinski definition) is 4. The number of aliphatic hydroxyl groups is 1. The minimum Gasteiger partial charge on any atom is -0.512 e. The van der Waals surface area contributed by atoms with Gasteiger partial charge >= 0.3 is 0 Å². The van der Waals surface area contributed by atoms with Gasteiger partial charge in [-0.1, -0.05) is 13.8 Å². The summed E-state index contributed by atoms with van der Waals surface area (Å²) in [6.45, 7) is 7.11. The summed E-state index contributed by atoms with van der Waals surface area (Å²) < 4.78 is 6.28. The van der Waals surface area contributed by atoms with E-state index in [2.05, 4.69) is 62.4 Å². The van der Waals surface area contributed by atoms with Gasteiger partial charge in [-0.05, 0) is 97.5 Å². The molecule has 1 aliphatic rings. The fourth-order valence-electron chi connectivity index (χ4n) is 4.99. The number of carbonyl (C=O) groups is 1. The molecule has 0 saturated carbocycles. The summed E-state index contributed by atoms with van der Waals surface area (Å²) in [6, 6.07) is 18.8. The molecule has 2 aromatic heterocycles. The molecule has 0 aliphatic heterocycles. The van der Waals surface area contributed by atoms with Gasteiger partial charge in [0.15, 0.2) is 5.78 Å². The molecule has 1 radical (unpaired) electrons. The number of benzene rings is 3. The van der Waals surface area contributed by atoms with Crippen LogP contribution in [0.25, 0.3) is 44.0 Å². The molecule has 1 N–H and O–H groups in total. The zero-order valence-electron chi connectivity index (χ0n) is 21.6. The van der Waals surface area contributed by atoms with E-state index in [1.165, 1.54) is 78.6 Å². The van der Waals surface area contributed by atoms with Crippen molar-refractivity contribution < 1.29 is 34.4 Å². The largest absolute Gasteiger partial charge is 0.512 e. The first-order chi connectivity index (χ1) is 17.3. The molecule has 37 heavy (non-hydrogen) atoms. The SMILES string of the molecule is CC(=O)/C=C(/C)O.Cc1c[c-]c(-c2nccc3cc4oc5cc6c(cc5c4cc23)CCCC6)cc1C.[Ir]. The van der Waals surface area contributed by atoms with Crippen molar-refractivity contribution in [1.82, 2.24) is 4.98 Å². The van der Waals surface area contributed by atoms with Crippen LogP contribution in [0.1, 0.15) is 48.9 Å². The van der Waals surface area contributed by atoms with Crippen LogP contribution in [-0.2, 0) is 37.7 Å². The third kappa shape index (κ3) is 5.53. The monoisotopic (exact) mass is 669 g/mol. The van der Waals surface area contributed by atoms with E-state index in [4.69, 9.17) is 14.5 Å². The van der Waals surface area contributed by atoms with Gasteiger partial charge in [-0.3, -0.25) is 4.79 Å². The number of hydrogen-bond donors (Lipinski definition) is 1. The quantitative estimate of drug-likeness (QED) is 0.117. The number of pyridine rings is 1. The third-order valence-electron chi connectivity index (χ3n) is 6.91. The van der Waals surface area contributed by atoms with Crippen LogP contribution >= 0.6 is 0 Å². The average Bonchev–Trinajstić information content (AvgIpc) is 3.18. The molecule has 2 heterocycles. The summed E-state index contributed by atoms with van der Waals surface area (Å²) in [5, 5.41) is 13.1. The van der Waals surface area contributed by atoms with E-state index in [-0.39, 0.29) is 31.6 Å². The van der Waals surface area contributed by atoms with Crippen LogP contribution in [0.4, 0.5) is 0 Å². The molecular weight excluding hydrogens is 639 g/mol. The zero-order valence-corrected chi connectivity index (χ0v) is 24.0. The van der Waals surface area contributed by atoms with E-state index in [0.29, 0.717) is 0 Å². The van der Waals surface area contributed by atoms with Crippen LogP contribution in [0.2, 0.25) is 0 Å². The molecule has 6 rings (SSSR count). The van der Waals surface area contributed by atoms with Gasteiger partial charge in [0.1, 0.15) is 11.2 Å². The molecule has 3 aromatic carbocycles. The minimum absolute atomic E-state index is 0. The summed E-state index contributed by atoms with van der Waals surface area (Å²) in [7, 11) is 0. The number of aryl methyl sites for hydroxylation is 4. The number of nitrogens with zero attached hydrogens (tertiary/aromatic N) is 1. The van der Waals surface area contributed by atoms with Gasteiger partial charge in [0.2, 0.25) is 0 Å². The molecule has 0 saturated heterocycles. The van der Waals surface area contributed by atoms with Crippen molar-refractivity contribution in [2.24, 2.45) is 0 Å². The van der Waals surface area contributed by atoms with Gasteiger partial charge in [-0.15, -0.1) is 34.9 Å². The fourth-order valence-corrected chi connectivity index (χ4v) is 4.99. The molecule has 191 valence electrons. The Balaban J connectivity index is 0.000000356. The Hall–Kier alpha value is -3.27. The van der Waals surface area contributed by atoms with Crippen LogP contribution in [-0.4, -0.2) is 15.9 Å². The van der Waals surface area contributed by atoms with E-state index in [0.717, 1.165) is 33.2 Å². The number of carbonyl (C=O) groups excluding carboxylic acids is 1. The maximum absolute atomic E-state index is 10.0. The van der Waals surface area contributed by atoms with Gasteiger partial charge in [-0.2, -0.15) is 0 Å². The van der Waals surface area contributed by atoms with Gasteiger partial charge in [-0.25, -0.2) is 0 Å². The molecule has 0 spiro atoms. The second kappa shape index (κ2) is 11.0. The molecule has 5 heteroatoms. The van der Waals surface area contributed by atoms with E-state index >= 15 is 0 Å². The van der Waals surface area contributed by atoms with Gasteiger partial charge in [0, 0.05) is 43.2 Å². The molecule has 1 aliphatic carbocycles. The van der Waals surface area contributed by atoms with Crippen molar-refractivity contribution in [3.8, 4) is 11.3 Å². The first-order valence-electron chi connectivity index (χ1n) is 12.4. The molecule has 0 unspecified atom stereocenters. The van der Waals surface area contributed by atoms with Crippen molar-refractivity contribution >= 4 is 38.5 Å². The second-order valence-electron chi connectivity index (χ2n) is 9.76. The summed E-state index contributed by atoms with van der Waals surface area (Å²) in [5.41, 5.74) is 9.45. The number of fused-ring (bicyclic) bond motifs is 5. The number of furan rings is 1. The van der Waals surface area contributed by atoms with Crippen LogP contribution < -0.4 is 0 Å². The number of aromatic nitrogens is 1. The predicted octanol–water partition coefficient (Wildman–Crippen LogP) is 8.13. The third-order valence-corrected chi connectivity index (χ3v) is 6.91. The second-order valence-corrected chi connectivity index (χ2v) is 9.76. The number of rotatable bonds is 2. The Morgan fingerprint density at radius 1 is 0.946 bits per heavy atom. The molecule has 0 fully saturated rings. The van der Waals surface area contributed by atoms with Crippen LogP contribution in [0.5, 0.6) is 0 Å². The summed E-state index contributed by atoms with van der Waals surface area (Å²) in [5.74, 6) is -0.0625. The summed E-state index contributed by atoms with van der Waals surface area (Å²) in [6.07, 6.45) is 7.96. The van der Waals surface area contributed by atoms with E-state index < -0.39 is 0 Å². The van der Waals surface area contributed by atoms with Gasteiger partial charge in [0.25, 0.3) is 0 Å². The van der Waals surface area contributed by atoms with Crippen molar-refractivity contribution in [3.05, 3.63) is 88.8 Å². The standard InChI is InChI=1S/C27H22NO.C5H8O2.Ir/c1-16-7-8-21(11-17(16)2)27-22-15-24-23-12-18-5-3-4-6-19(18)13-25(23)29-26(24)14-20(22)9-10-28-27;1-4(6)3-5(2)7;/h7,9-15H,3-6H2,1-2H3;3,6H,1-2H3;/q-1;;/b;4-3-;. The molecule has 0 atom stereocenters. The summed E-state index contributed by atoms with van der Waals surface area (Å²) >= 11 is 0. The van der Waals surface area contributed by atoms with Crippen LogP contribution in [0.3, 0.4) is 0 Å². The van der Waals surface area contributed by atoms with Gasteiger partial charge in [0.05, 0.1) is 5.76 Å². The van der Waals surface area contributed by atoms with Crippen molar-refractivity contribution in [2.45, 2.75) is 53.4 Å². The van der Waals surface area contributed by atoms with Crippen molar-refractivity contribution in [1.29, 1.82) is 0 Å². The topological polar surface area (TPSA) is 63.3 Å². The Labute approximate surface area is 230 Å². The molecular formula is C32H30IrNO3-. The number of ketones is 1. The Bertz CT molecular complexity index is 1660.